The van der Waals surface area contributed by atoms with Crippen LogP contribution in [0.5, 0.6) is 11.5 Å². The predicted octanol–water partition coefficient (Wildman–Crippen LogP) is 1.91. The number of ketones is 1. The monoisotopic (exact) mass is 270 g/mol. The second kappa shape index (κ2) is 3.66. The Hall–Kier alpha value is -2.18. The van der Waals surface area contributed by atoms with Gasteiger partial charge in [0.05, 0.1) is 5.92 Å². The van der Waals surface area contributed by atoms with E-state index in [1.165, 1.54) is 12.1 Å². The van der Waals surface area contributed by atoms with Crippen LogP contribution in [0.4, 0.5) is 8.78 Å². The van der Waals surface area contributed by atoms with Crippen LogP contribution in [-0.2, 0) is 4.79 Å². The zero-order chi connectivity index (χ0) is 13.8. The standard InChI is InChI=1S/C12H8F2O5/c13-12(14)18-8-2-1-5(3-9(8)19-12)10(15)6-4-7(6)11(16)17/h1-3,6-7H,4H2,(H,16,17)/t6-,7-/m0/s1. The van der Waals surface area contributed by atoms with Gasteiger partial charge in [0.2, 0.25) is 0 Å². The third kappa shape index (κ3) is 2.00. The van der Waals surface area contributed by atoms with Crippen LogP contribution in [0.15, 0.2) is 18.2 Å². The van der Waals surface area contributed by atoms with Crippen LogP contribution in [0, 0.1) is 11.8 Å². The fraction of sp³-hybridized carbons (Fsp3) is 0.333. The van der Waals surface area contributed by atoms with Crippen molar-refractivity contribution in [3.05, 3.63) is 23.8 Å². The maximum absolute atomic E-state index is 12.8. The van der Waals surface area contributed by atoms with Crippen LogP contribution in [-0.4, -0.2) is 23.2 Å². The number of fused-ring (bicyclic) bond motifs is 1. The van der Waals surface area contributed by atoms with Crippen molar-refractivity contribution in [1.29, 1.82) is 0 Å². The van der Waals surface area contributed by atoms with E-state index in [1.54, 1.807) is 0 Å². The third-order valence-corrected chi connectivity index (χ3v) is 3.13. The fourth-order valence-electron chi connectivity index (χ4n) is 2.07. The normalized spacial score (nSPS) is 26.0. The van der Waals surface area contributed by atoms with Crippen LogP contribution in [0.2, 0.25) is 0 Å². The Morgan fingerprint density at radius 1 is 1.21 bits per heavy atom. The summed E-state index contributed by atoms with van der Waals surface area (Å²) in [6, 6.07) is 3.68. The minimum absolute atomic E-state index is 0.146. The Morgan fingerprint density at radius 3 is 2.53 bits per heavy atom. The van der Waals surface area contributed by atoms with Gasteiger partial charge < -0.3 is 14.6 Å². The number of carboxylic acids is 1. The lowest BCUT2D eigenvalue weighted by atomic mass is 10.1. The first-order valence-corrected chi connectivity index (χ1v) is 5.54. The lowest BCUT2D eigenvalue weighted by Gasteiger charge is -2.04. The van der Waals surface area contributed by atoms with E-state index in [2.05, 4.69) is 9.47 Å². The first-order valence-electron chi connectivity index (χ1n) is 5.54. The quantitative estimate of drug-likeness (QED) is 0.849. The van der Waals surface area contributed by atoms with Gasteiger partial charge in [0.15, 0.2) is 17.3 Å². The van der Waals surface area contributed by atoms with E-state index in [4.69, 9.17) is 5.11 Å². The number of ether oxygens (including phenoxy) is 2. The molecule has 1 fully saturated rings. The van der Waals surface area contributed by atoms with Gasteiger partial charge in [0, 0.05) is 11.5 Å². The van der Waals surface area contributed by atoms with Gasteiger partial charge in [-0.25, -0.2) is 0 Å². The summed E-state index contributed by atoms with van der Waals surface area (Å²) in [4.78, 5) is 22.6. The smallest absolute Gasteiger partial charge is 0.481 e. The van der Waals surface area contributed by atoms with Crippen LogP contribution in [0.1, 0.15) is 16.8 Å². The number of Topliss-reactive ketones (excluding diaryl/α,β-unsaturated/α-hetero) is 1. The van der Waals surface area contributed by atoms with Crippen LogP contribution < -0.4 is 9.47 Å². The Kier molecular flexibility index (Phi) is 2.29. The van der Waals surface area contributed by atoms with E-state index >= 15 is 0 Å². The lowest BCUT2D eigenvalue weighted by molar-refractivity contribution is -0.286. The molecular weight excluding hydrogens is 262 g/mol. The Morgan fingerprint density at radius 2 is 1.89 bits per heavy atom. The molecule has 1 aliphatic carbocycles. The molecule has 1 N–H and O–H groups in total. The van der Waals surface area contributed by atoms with Crippen molar-refractivity contribution in [2.75, 3.05) is 0 Å². The molecule has 0 aromatic heterocycles. The number of carbonyl (C=O) groups excluding carboxylic acids is 1. The minimum Gasteiger partial charge on any atom is -0.481 e. The largest absolute Gasteiger partial charge is 0.586 e. The highest BCUT2D eigenvalue weighted by molar-refractivity contribution is 6.03. The number of benzene rings is 1. The van der Waals surface area contributed by atoms with E-state index in [1.807, 2.05) is 0 Å². The molecule has 0 bridgehead atoms. The maximum atomic E-state index is 12.8. The van der Waals surface area contributed by atoms with E-state index in [9.17, 15) is 18.4 Å². The number of carboxylic acid groups (broad SMARTS) is 1. The molecule has 7 heteroatoms. The molecule has 2 atom stereocenters. The van der Waals surface area contributed by atoms with Crippen molar-refractivity contribution in [2.24, 2.45) is 11.8 Å². The van der Waals surface area contributed by atoms with Crippen molar-refractivity contribution in [3.8, 4) is 11.5 Å². The highest BCUT2D eigenvalue weighted by atomic mass is 19.3. The van der Waals surface area contributed by atoms with E-state index in [-0.39, 0.29) is 29.3 Å². The molecule has 0 saturated heterocycles. The number of alkyl halides is 2. The summed E-state index contributed by atoms with van der Waals surface area (Å²) < 4.78 is 34.0. The molecule has 0 amide bonds. The van der Waals surface area contributed by atoms with Gasteiger partial charge in [0.25, 0.3) is 0 Å². The molecule has 1 heterocycles. The highest BCUT2D eigenvalue weighted by Crippen LogP contribution is 2.44. The number of carbonyl (C=O) groups is 2. The number of hydrogen-bond donors (Lipinski definition) is 1. The molecule has 1 aromatic rings. The molecular formula is C12H8F2O5. The summed E-state index contributed by atoms with van der Waals surface area (Å²) in [5, 5.41) is 8.75. The average Bonchev–Trinajstić information content (AvgIpc) is 3.04. The summed E-state index contributed by atoms with van der Waals surface area (Å²) >= 11 is 0. The Bertz CT molecular complexity index is 583. The zero-order valence-electron chi connectivity index (χ0n) is 9.43. The van der Waals surface area contributed by atoms with E-state index in [0.29, 0.717) is 0 Å². The Balaban J connectivity index is 1.81. The van der Waals surface area contributed by atoms with Gasteiger partial charge in [0.1, 0.15) is 0 Å². The molecule has 19 heavy (non-hydrogen) atoms. The summed E-state index contributed by atoms with van der Waals surface area (Å²) in [5.74, 6) is -3.03. The number of halogens is 2. The third-order valence-electron chi connectivity index (χ3n) is 3.13. The number of rotatable bonds is 3. The second-order valence-electron chi connectivity index (χ2n) is 4.48. The summed E-state index contributed by atoms with van der Waals surface area (Å²) in [7, 11) is 0. The maximum Gasteiger partial charge on any atom is 0.586 e. The summed E-state index contributed by atoms with van der Waals surface area (Å²) in [5.41, 5.74) is 0.147. The van der Waals surface area contributed by atoms with E-state index < -0.39 is 24.1 Å². The van der Waals surface area contributed by atoms with Gasteiger partial charge in [-0.3, -0.25) is 9.59 Å². The summed E-state index contributed by atoms with van der Waals surface area (Å²) in [6.07, 6.45) is -3.45. The van der Waals surface area contributed by atoms with Crippen LogP contribution in [0.25, 0.3) is 0 Å². The van der Waals surface area contributed by atoms with Crippen molar-refractivity contribution in [1.82, 2.24) is 0 Å². The first-order chi connectivity index (χ1) is 8.87. The number of hydrogen-bond acceptors (Lipinski definition) is 4. The highest BCUT2D eigenvalue weighted by Gasteiger charge is 2.49. The molecule has 5 nitrogen and oxygen atoms in total. The van der Waals surface area contributed by atoms with Gasteiger partial charge in [-0.15, -0.1) is 8.78 Å². The van der Waals surface area contributed by atoms with Gasteiger partial charge in [-0.2, -0.15) is 0 Å². The second-order valence-corrected chi connectivity index (χ2v) is 4.48. The van der Waals surface area contributed by atoms with Crippen LogP contribution >= 0.6 is 0 Å². The molecule has 0 spiro atoms. The molecule has 1 aliphatic heterocycles. The van der Waals surface area contributed by atoms with Gasteiger partial charge in [-0.05, 0) is 24.6 Å². The van der Waals surface area contributed by atoms with Crippen molar-refractivity contribution < 1.29 is 33.0 Å². The molecule has 0 unspecified atom stereocenters. The Labute approximate surface area is 105 Å². The average molecular weight is 270 g/mol. The molecule has 1 aromatic carbocycles. The topological polar surface area (TPSA) is 72.8 Å². The number of aliphatic carboxylic acids is 1. The molecule has 100 valence electrons. The van der Waals surface area contributed by atoms with Gasteiger partial charge >= 0.3 is 12.3 Å². The molecule has 0 radical (unpaired) electrons. The van der Waals surface area contributed by atoms with Crippen LogP contribution in [0.3, 0.4) is 0 Å². The van der Waals surface area contributed by atoms with Gasteiger partial charge in [-0.1, -0.05) is 0 Å². The van der Waals surface area contributed by atoms with Crippen molar-refractivity contribution in [3.63, 3.8) is 0 Å². The molecule has 1 saturated carbocycles. The minimum atomic E-state index is -3.73. The zero-order valence-corrected chi connectivity index (χ0v) is 9.43. The molecule has 3 rings (SSSR count). The van der Waals surface area contributed by atoms with E-state index in [0.717, 1.165) is 6.07 Å². The molecule has 2 aliphatic rings. The van der Waals surface area contributed by atoms with Crippen molar-refractivity contribution in [2.45, 2.75) is 12.7 Å². The van der Waals surface area contributed by atoms with Crippen molar-refractivity contribution >= 4 is 11.8 Å². The predicted molar refractivity (Wildman–Crippen MR) is 56.2 cm³/mol. The first kappa shape index (κ1) is 11.9. The fourth-order valence-corrected chi connectivity index (χ4v) is 2.07. The SMILES string of the molecule is O=C(O)[C@H]1C[C@@H]1C(=O)c1ccc2c(c1)OC(F)(F)O2. The summed E-state index contributed by atoms with van der Waals surface area (Å²) in [6.45, 7) is 0. The lowest BCUT2D eigenvalue weighted by Crippen LogP contribution is -2.25.